The quantitative estimate of drug-likeness (QED) is 0.555. The van der Waals surface area contributed by atoms with Gasteiger partial charge in [-0.25, -0.2) is 0 Å². The molecular formula is C10H12N4OS. The zero-order chi connectivity index (χ0) is 11.5. The molecule has 0 aliphatic carbocycles. The summed E-state index contributed by atoms with van der Waals surface area (Å²) in [4.78, 5) is 4.26. The smallest absolute Gasteiger partial charge is 0.184 e. The van der Waals surface area contributed by atoms with Gasteiger partial charge in [0.15, 0.2) is 5.11 Å². The maximum Gasteiger partial charge on any atom is 0.184 e. The van der Waals surface area contributed by atoms with Crippen molar-refractivity contribution in [3.05, 3.63) is 23.5 Å². The Hall–Kier alpha value is -1.69. The number of rotatable bonds is 1. The van der Waals surface area contributed by atoms with Crippen LogP contribution >= 0.6 is 12.2 Å². The molecule has 0 aromatic carbocycles. The fraction of sp³-hybridized carbons (Fsp3) is 0.300. The average Bonchev–Trinajstić information content (AvgIpc) is 2.27. The molecule has 0 saturated heterocycles. The lowest BCUT2D eigenvalue weighted by Crippen LogP contribution is -2.28. The van der Waals surface area contributed by atoms with Crippen molar-refractivity contribution in [2.45, 2.75) is 13.3 Å². The molecule has 6 heteroatoms. The van der Waals surface area contributed by atoms with Crippen molar-refractivity contribution in [2.75, 3.05) is 6.61 Å². The first-order valence-electron chi connectivity index (χ1n) is 4.89. The molecule has 0 atom stereocenters. The van der Waals surface area contributed by atoms with Crippen molar-refractivity contribution in [1.82, 2.24) is 10.4 Å². The lowest BCUT2D eigenvalue weighted by molar-refractivity contribution is 0.316. The van der Waals surface area contributed by atoms with E-state index in [-0.39, 0.29) is 5.11 Å². The van der Waals surface area contributed by atoms with E-state index in [4.69, 9.17) is 22.7 Å². The van der Waals surface area contributed by atoms with Crippen LogP contribution in [0.1, 0.15) is 17.7 Å². The highest BCUT2D eigenvalue weighted by atomic mass is 32.1. The monoisotopic (exact) mass is 236 g/mol. The van der Waals surface area contributed by atoms with Gasteiger partial charge in [-0.1, -0.05) is 0 Å². The van der Waals surface area contributed by atoms with E-state index in [1.807, 2.05) is 13.0 Å². The highest BCUT2D eigenvalue weighted by Gasteiger charge is 2.19. The summed E-state index contributed by atoms with van der Waals surface area (Å²) in [5, 5.41) is 4.27. The number of ether oxygens (including phenoxy) is 1. The number of aryl methyl sites for hydroxylation is 1. The van der Waals surface area contributed by atoms with Crippen molar-refractivity contribution in [3.63, 3.8) is 0 Å². The van der Waals surface area contributed by atoms with Gasteiger partial charge in [-0.3, -0.25) is 10.4 Å². The second-order valence-electron chi connectivity index (χ2n) is 3.44. The number of hydrogen-bond acceptors (Lipinski definition) is 4. The van der Waals surface area contributed by atoms with E-state index >= 15 is 0 Å². The molecule has 0 amide bonds. The van der Waals surface area contributed by atoms with Gasteiger partial charge in [-0.15, -0.1) is 0 Å². The standard InChI is InChI=1S/C10H12N4OS/c1-6-2-4-12-8-7(13-14-10(11)16)3-5-15-9(6)8/h2,4H,3,5H2,1H3,(H3,11,14,16)/b13-7-. The van der Waals surface area contributed by atoms with Gasteiger partial charge in [-0.2, -0.15) is 5.10 Å². The first-order chi connectivity index (χ1) is 7.68. The number of aromatic nitrogens is 1. The highest BCUT2D eigenvalue weighted by molar-refractivity contribution is 7.80. The minimum absolute atomic E-state index is 0.146. The third-order valence-corrected chi connectivity index (χ3v) is 2.35. The van der Waals surface area contributed by atoms with Gasteiger partial charge in [0.05, 0.1) is 12.3 Å². The van der Waals surface area contributed by atoms with Crippen LogP contribution in [0.2, 0.25) is 0 Å². The summed E-state index contributed by atoms with van der Waals surface area (Å²) in [6, 6.07) is 1.91. The highest BCUT2D eigenvalue weighted by Crippen LogP contribution is 2.26. The van der Waals surface area contributed by atoms with Crippen molar-refractivity contribution < 1.29 is 4.74 Å². The normalized spacial score (nSPS) is 16.4. The van der Waals surface area contributed by atoms with Gasteiger partial charge in [0.25, 0.3) is 0 Å². The Morgan fingerprint density at radius 2 is 2.50 bits per heavy atom. The SMILES string of the molecule is Cc1ccnc2c1OCC/C2=N/NC(N)=S. The summed E-state index contributed by atoms with van der Waals surface area (Å²) < 4.78 is 5.56. The molecule has 0 saturated carbocycles. The van der Waals surface area contributed by atoms with Crippen molar-refractivity contribution in [2.24, 2.45) is 10.8 Å². The molecule has 2 heterocycles. The molecule has 0 unspecified atom stereocenters. The second kappa shape index (κ2) is 4.44. The molecule has 0 bridgehead atoms. The van der Waals surface area contributed by atoms with E-state index in [1.54, 1.807) is 6.20 Å². The Bertz CT molecular complexity index is 458. The summed E-state index contributed by atoms with van der Waals surface area (Å²) in [6.45, 7) is 2.57. The third-order valence-electron chi connectivity index (χ3n) is 2.26. The molecule has 84 valence electrons. The van der Waals surface area contributed by atoms with Gasteiger partial charge in [0.2, 0.25) is 0 Å². The largest absolute Gasteiger partial charge is 0.491 e. The van der Waals surface area contributed by atoms with E-state index in [9.17, 15) is 0 Å². The Kier molecular flexibility index (Phi) is 3.00. The molecule has 1 aliphatic rings. The van der Waals surface area contributed by atoms with Crippen LogP contribution in [0.25, 0.3) is 0 Å². The van der Waals surface area contributed by atoms with Crippen LogP contribution < -0.4 is 15.9 Å². The van der Waals surface area contributed by atoms with Crippen LogP contribution in [-0.2, 0) is 0 Å². The van der Waals surface area contributed by atoms with Crippen LogP contribution in [0.5, 0.6) is 5.75 Å². The van der Waals surface area contributed by atoms with Gasteiger partial charge < -0.3 is 10.5 Å². The maximum atomic E-state index is 5.56. The summed E-state index contributed by atoms with van der Waals surface area (Å²) >= 11 is 4.70. The molecule has 0 spiro atoms. The van der Waals surface area contributed by atoms with Crippen LogP contribution in [0.15, 0.2) is 17.4 Å². The summed E-state index contributed by atoms with van der Waals surface area (Å²) in [6.07, 6.45) is 2.43. The molecule has 3 N–H and O–H groups in total. The van der Waals surface area contributed by atoms with Gasteiger partial charge in [-0.05, 0) is 30.8 Å². The lowest BCUT2D eigenvalue weighted by Gasteiger charge is -2.19. The number of thiocarbonyl (C=S) groups is 1. The van der Waals surface area contributed by atoms with Crippen molar-refractivity contribution in [3.8, 4) is 5.75 Å². The predicted octanol–water partition coefficient (Wildman–Crippen LogP) is 0.710. The summed E-state index contributed by atoms with van der Waals surface area (Å²) in [5.74, 6) is 0.789. The van der Waals surface area contributed by atoms with Gasteiger partial charge in [0.1, 0.15) is 11.4 Å². The topological polar surface area (TPSA) is 72.5 Å². The fourth-order valence-electron chi connectivity index (χ4n) is 1.53. The molecule has 0 fully saturated rings. The minimum atomic E-state index is 0.146. The van der Waals surface area contributed by atoms with Crippen LogP contribution in [0, 0.1) is 6.92 Å². The first-order valence-corrected chi connectivity index (χ1v) is 5.30. The Morgan fingerprint density at radius 1 is 1.69 bits per heavy atom. The first kappa shape index (κ1) is 10.8. The van der Waals surface area contributed by atoms with Gasteiger partial charge in [0, 0.05) is 12.6 Å². The Labute approximate surface area is 98.7 Å². The molecule has 1 aliphatic heterocycles. The minimum Gasteiger partial charge on any atom is -0.491 e. The number of fused-ring (bicyclic) bond motifs is 1. The van der Waals surface area contributed by atoms with E-state index in [0.29, 0.717) is 13.0 Å². The molecule has 16 heavy (non-hydrogen) atoms. The number of nitrogens with one attached hydrogen (secondary N) is 1. The number of pyridine rings is 1. The van der Waals surface area contributed by atoms with Crippen LogP contribution in [0.3, 0.4) is 0 Å². The van der Waals surface area contributed by atoms with Crippen molar-refractivity contribution >= 4 is 23.0 Å². The summed E-state index contributed by atoms with van der Waals surface area (Å²) in [7, 11) is 0. The van der Waals surface area contributed by atoms with Crippen molar-refractivity contribution in [1.29, 1.82) is 0 Å². The Balaban J connectivity index is 2.37. The van der Waals surface area contributed by atoms with E-state index in [2.05, 4.69) is 15.5 Å². The molecule has 1 aromatic rings. The molecule has 5 nitrogen and oxygen atoms in total. The molecule has 2 rings (SSSR count). The molecule has 1 aromatic heterocycles. The van der Waals surface area contributed by atoms with E-state index in [0.717, 1.165) is 22.7 Å². The fourth-order valence-corrected chi connectivity index (χ4v) is 1.58. The third kappa shape index (κ3) is 2.11. The number of hydrogen-bond donors (Lipinski definition) is 2. The average molecular weight is 236 g/mol. The second-order valence-corrected chi connectivity index (χ2v) is 3.88. The zero-order valence-corrected chi connectivity index (χ0v) is 9.67. The molecular weight excluding hydrogens is 224 g/mol. The summed E-state index contributed by atoms with van der Waals surface area (Å²) in [5.41, 5.74) is 10.5. The van der Waals surface area contributed by atoms with Crippen LogP contribution in [-0.4, -0.2) is 22.4 Å². The Morgan fingerprint density at radius 3 is 3.25 bits per heavy atom. The maximum absolute atomic E-state index is 5.56. The van der Waals surface area contributed by atoms with E-state index < -0.39 is 0 Å². The zero-order valence-electron chi connectivity index (χ0n) is 8.86. The number of nitrogens with two attached hydrogens (primary N) is 1. The number of hydrazone groups is 1. The van der Waals surface area contributed by atoms with E-state index in [1.165, 1.54) is 0 Å². The molecule has 0 radical (unpaired) electrons. The van der Waals surface area contributed by atoms with Crippen LogP contribution in [0.4, 0.5) is 0 Å². The lowest BCUT2D eigenvalue weighted by atomic mass is 10.1. The van der Waals surface area contributed by atoms with Gasteiger partial charge >= 0.3 is 0 Å². The number of nitrogens with zero attached hydrogens (tertiary/aromatic N) is 2. The predicted molar refractivity (Wildman–Crippen MR) is 65.5 cm³/mol.